The highest BCUT2D eigenvalue weighted by molar-refractivity contribution is 14.1. The lowest BCUT2D eigenvalue weighted by atomic mass is 10.3. The van der Waals surface area contributed by atoms with Crippen molar-refractivity contribution in [2.45, 2.75) is 0 Å². The fourth-order valence-corrected chi connectivity index (χ4v) is 0.862. The Bertz CT molecular complexity index is 254. The van der Waals surface area contributed by atoms with E-state index in [0.717, 1.165) is 3.57 Å². The summed E-state index contributed by atoms with van der Waals surface area (Å²) in [5, 5.41) is 0. The average Bonchev–Trinajstić information content (AvgIpc) is 1.91. The second-order valence-corrected chi connectivity index (χ2v) is 2.80. The number of methoxy groups -OCH3 is 1. The number of benzene rings is 1. The molecule has 0 heterocycles. The van der Waals surface area contributed by atoms with E-state index >= 15 is 0 Å². The molecular formula is C7H7IO. The first-order valence-electron chi connectivity index (χ1n) is 3.92. The Morgan fingerprint density at radius 1 is 1.44 bits per heavy atom. The number of hydrogen-bond donors (Lipinski definition) is 0. The van der Waals surface area contributed by atoms with Gasteiger partial charge in [0, 0.05) is 3.57 Å². The topological polar surface area (TPSA) is 9.23 Å². The van der Waals surface area contributed by atoms with Crippen LogP contribution in [-0.2, 0) is 0 Å². The van der Waals surface area contributed by atoms with Crippen molar-refractivity contribution in [1.82, 2.24) is 0 Å². The maximum atomic E-state index is 6.83. The predicted molar refractivity (Wildman–Crippen MR) is 45.7 cm³/mol. The van der Waals surface area contributed by atoms with Crippen LogP contribution < -0.4 is 4.74 Å². The van der Waals surface area contributed by atoms with Gasteiger partial charge in [-0.25, -0.2) is 0 Å². The Morgan fingerprint density at radius 2 is 2.11 bits per heavy atom. The third-order valence-electron chi connectivity index (χ3n) is 0.931. The standard InChI is InChI=1S/C7H7IO/c1-9-7-4-2-6(8)3-5-7/h2-5H,1H3/i1D3. The Labute approximate surface area is 72.4 Å². The Hall–Kier alpha value is -0.250. The van der Waals surface area contributed by atoms with Crippen molar-refractivity contribution in [2.75, 3.05) is 7.04 Å². The van der Waals surface area contributed by atoms with Crippen molar-refractivity contribution in [3.8, 4) is 5.75 Å². The Morgan fingerprint density at radius 3 is 2.67 bits per heavy atom. The van der Waals surface area contributed by atoms with Crippen LogP contribution in [0.25, 0.3) is 0 Å². The number of rotatable bonds is 1. The molecule has 0 saturated heterocycles. The third kappa shape index (κ3) is 1.86. The van der Waals surface area contributed by atoms with Crippen molar-refractivity contribution >= 4 is 22.6 Å². The van der Waals surface area contributed by atoms with Crippen molar-refractivity contribution in [3.05, 3.63) is 27.8 Å². The van der Waals surface area contributed by atoms with Crippen LogP contribution in [0.1, 0.15) is 4.11 Å². The molecule has 1 aromatic carbocycles. The Kier molecular flexibility index (Phi) is 1.29. The molecule has 0 radical (unpaired) electrons. The van der Waals surface area contributed by atoms with E-state index < -0.39 is 7.04 Å². The van der Waals surface area contributed by atoms with Gasteiger partial charge in [0.1, 0.15) is 5.75 Å². The van der Waals surface area contributed by atoms with Crippen LogP contribution in [0.5, 0.6) is 5.75 Å². The summed E-state index contributed by atoms with van der Waals surface area (Å²) in [6.45, 7) is 0. The smallest absolute Gasteiger partial charge is 0.118 e. The van der Waals surface area contributed by atoms with Gasteiger partial charge in [0.2, 0.25) is 0 Å². The largest absolute Gasteiger partial charge is 0.497 e. The maximum Gasteiger partial charge on any atom is 0.118 e. The molecule has 1 nitrogen and oxygen atoms in total. The summed E-state index contributed by atoms with van der Waals surface area (Å²) in [7, 11) is -2.35. The van der Waals surface area contributed by atoms with Gasteiger partial charge in [-0.2, -0.15) is 0 Å². The lowest BCUT2D eigenvalue weighted by Crippen LogP contribution is -1.80. The van der Waals surface area contributed by atoms with Crippen LogP contribution in [0.3, 0.4) is 0 Å². The first kappa shape index (κ1) is 3.81. The van der Waals surface area contributed by atoms with Gasteiger partial charge in [-0.15, -0.1) is 0 Å². The molecule has 0 atom stereocenters. The van der Waals surface area contributed by atoms with E-state index in [0.29, 0.717) is 5.75 Å². The lowest BCUT2D eigenvalue weighted by molar-refractivity contribution is 0.414. The summed E-state index contributed by atoms with van der Waals surface area (Å²) in [5.74, 6) is 0.371. The van der Waals surface area contributed by atoms with Crippen molar-refractivity contribution < 1.29 is 8.85 Å². The molecule has 0 aliphatic rings. The molecule has 0 amide bonds. The summed E-state index contributed by atoms with van der Waals surface area (Å²) >= 11 is 2.14. The molecule has 0 saturated carbocycles. The van der Waals surface area contributed by atoms with E-state index in [2.05, 4.69) is 27.3 Å². The van der Waals surface area contributed by atoms with Crippen molar-refractivity contribution in [1.29, 1.82) is 0 Å². The summed E-state index contributed by atoms with van der Waals surface area (Å²) in [5.41, 5.74) is 0. The van der Waals surface area contributed by atoms with Crippen LogP contribution in [0.2, 0.25) is 0 Å². The number of hydrogen-bond acceptors (Lipinski definition) is 1. The van der Waals surface area contributed by atoms with Crippen LogP contribution in [0.4, 0.5) is 0 Å². The minimum Gasteiger partial charge on any atom is -0.497 e. The van der Waals surface area contributed by atoms with E-state index in [1.54, 1.807) is 24.3 Å². The molecule has 0 aliphatic carbocycles. The minimum absolute atomic E-state index is 0.371. The average molecular weight is 237 g/mol. The molecular weight excluding hydrogens is 227 g/mol. The van der Waals surface area contributed by atoms with E-state index in [1.807, 2.05) is 0 Å². The monoisotopic (exact) mass is 237 g/mol. The van der Waals surface area contributed by atoms with Gasteiger partial charge in [-0.3, -0.25) is 0 Å². The molecule has 48 valence electrons. The molecule has 0 aliphatic heterocycles. The molecule has 9 heavy (non-hydrogen) atoms. The van der Waals surface area contributed by atoms with Gasteiger partial charge in [0.05, 0.1) is 11.2 Å². The van der Waals surface area contributed by atoms with Crippen LogP contribution in [0.15, 0.2) is 24.3 Å². The second kappa shape index (κ2) is 3.06. The fourth-order valence-electron chi connectivity index (χ4n) is 0.503. The highest BCUT2D eigenvalue weighted by Gasteiger charge is 1.86. The van der Waals surface area contributed by atoms with Crippen LogP contribution in [-0.4, -0.2) is 7.04 Å². The molecule has 0 unspecified atom stereocenters. The zero-order valence-corrected chi connectivity index (χ0v) is 6.75. The predicted octanol–water partition coefficient (Wildman–Crippen LogP) is 2.30. The highest BCUT2D eigenvalue weighted by atomic mass is 127. The van der Waals surface area contributed by atoms with Crippen molar-refractivity contribution in [2.24, 2.45) is 0 Å². The zero-order valence-electron chi connectivity index (χ0n) is 7.60. The van der Waals surface area contributed by atoms with Gasteiger partial charge >= 0.3 is 0 Å². The SMILES string of the molecule is [2H]C([2H])([2H])Oc1ccc(I)cc1. The maximum absolute atomic E-state index is 6.83. The fraction of sp³-hybridized carbons (Fsp3) is 0.143. The lowest BCUT2D eigenvalue weighted by Gasteiger charge is -1.96. The zero-order chi connectivity index (χ0) is 9.19. The highest BCUT2D eigenvalue weighted by Crippen LogP contribution is 2.11. The van der Waals surface area contributed by atoms with E-state index in [4.69, 9.17) is 4.11 Å². The molecule has 0 fully saturated rings. The first-order chi connectivity index (χ1) is 5.47. The number of ether oxygens (including phenoxy) is 1. The molecule has 2 heteroatoms. The van der Waals surface area contributed by atoms with Gasteiger partial charge in [0.25, 0.3) is 0 Å². The summed E-state index contributed by atoms with van der Waals surface area (Å²) in [4.78, 5) is 0. The van der Waals surface area contributed by atoms with Crippen LogP contribution >= 0.6 is 22.6 Å². The van der Waals surface area contributed by atoms with Gasteiger partial charge in [-0.05, 0) is 46.9 Å². The molecule has 0 spiro atoms. The van der Waals surface area contributed by atoms with Crippen LogP contribution in [0, 0.1) is 3.57 Å². The summed E-state index contributed by atoms with van der Waals surface area (Å²) in [6.07, 6.45) is 0. The van der Waals surface area contributed by atoms with Gasteiger partial charge in [-0.1, -0.05) is 0 Å². The molecule has 0 N–H and O–H groups in total. The Balaban J connectivity index is 2.71. The first-order valence-corrected chi connectivity index (χ1v) is 3.50. The second-order valence-electron chi connectivity index (χ2n) is 1.56. The molecule has 0 bridgehead atoms. The van der Waals surface area contributed by atoms with Gasteiger partial charge < -0.3 is 4.74 Å². The number of halogens is 1. The minimum atomic E-state index is -2.35. The van der Waals surface area contributed by atoms with Crippen molar-refractivity contribution in [3.63, 3.8) is 0 Å². The normalized spacial score (nSPS) is 15.4. The summed E-state index contributed by atoms with van der Waals surface area (Å²) < 4.78 is 26.2. The van der Waals surface area contributed by atoms with E-state index in [-0.39, 0.29) is 0 Å². The molecule has 0 aromatic heterocycles. The molecule has 1 rings (SSSR count). The van der Waals surface area contributed by atoms with E-state index in [1.165, 1.54) is 0 Å². The molecule has 1 aromatic rings. The van der Waals surface area contributed by atoms with E-state index in [9.17, 15) is 0 Å². The summed E-state index contributed by atoms with van der Waals surface area (Å²) in [6, 6.07) is 6.85. The van der Waals surface area contributed by atoms with Gasteiger partial charge in [0.15, 0.2) is 0 Å². The quantitative estimate of drug-likeness (QED) is 0.681. The third-order valence-corrected chi connectivity index (χ3v) is 1.65.